The minimum absolute atomic E-state index is 0. The molecule has 0 saturated carbocycles. The number of carbonyl (C=O) groups excluding carboxylic acids is 1. The van der Waals surface area contributed by atoms with E-state index in [0.29, 0.717) is 41.8 Å². The highest BCUT2D eigenvalue weighted by molar-refractivity contribution is 6.35. The van der Waals surface area contributed by atoms with Crippen LogP contribution in [0.5, 0.6) is 0 Å². The Bertz CT molecular complexity index is 457. The number of hydrogen-bond acceptors (Lipinski definition) is 3. The molecule has 4 nitrogen and oxygen atoms in total. The van der Waals surface area contributed by atoms with Crippen LogP contribution in [0.25, 0.3) is 0 Å². The van der Waals surface area contributed by atoms with E-state index in [1.165, 1.54) is 0 Å². The van der Waals surface area contributed by atoms with Gasteiger partial charge in [-0.05, 0) is 18.2 Å². The summed E-state index contributed by atoms with van der Waals surface area (Å²) in [6, 6.07) is 4.86. The molecule has 0 aliphatic carbocycles. The summed E-state index contributed by atoms with van der Waals surface area (Å²) < 4.78 is 5.42. The van der Waals surface area contributed by atoms with Crippen molar-refractivity contribution in [3.8, 4) is 0 Å². The highest BCUT2D eigenvalue weighted by Gasteiger charge is 2.25. The largest absolute Gasteiger partial charge is 0.373 e. The van der Waals surface area contributed by atoms with Crippen LogP contribution in [-0.4, -0.2) is 43.2 Å². The fourth-order valence-electron chi connectivity index (χ4n) is 1.88. The number of carbonyl (C=O) groups is 1. The summed E-state index contributed by atoms with van der Waals surface area (Å²) in [5.74, 6) is -0.135. The standard InChI is InChI=1S/C12H14Cl2N2O2.ClH/c13-8-1-2-11(14)10(5-8)12(17)16-3-4-18-9(6-15)7-16;/h1-2,5,9H,3-4,6-7,15H2;1H. The van der Waals surface area contributed by atoms with Crippen LogP contribution in [0.1, 0.15) is 10.4 Å². The maximum atomic E-state index is 12.3. The third kappa shape index (κ3) is 3.97. The minimum Gasteiger partial charge on any atom is -0.373 e. The van der Waals surface area contributed by atoms with Crippen LogP contribution >= 0.6 is 35.6 Å². The number of morpholine rings is 1. The molecule has 1 fully saturated rings. The van der Waals surface area contributed by atoms with Gasteiger partial charge in [-0.3, -0.25) is 4.79 Å². The monoisotopic (exact) mass is 324 g/mol. The molecule has 1 aliphatic rings. The molecule has 2 rings (SSSR count). The van der Waals surface area contributed by atoms with E-state index < -0.39 is 0 Å². The molecule has 0 spiro atoms. The van der Waals surface area contributed by atoms with Gasteiger partial charge in [-0.1, -0.05) is 23.2 Å². The molecule has 1 amide bonds. The Hall–Kier alpha value is -0.520. The van der Waals surface area contributed by atoms with E-state index in [1.807, 2.05) is 0 Å². The van der Waals surface area contributed by atoms with Gasteiger partial charge in [-0.25, -0.2) is 0 Å². The van der Waals surface area contributed by atoms with Gasteiger partial charge in [0.1, 0.15) is 0 Å². The summed E-state index contributed by atoms with van der Waals surface area (Å²) in [6.07, 6.45) is -0.111. The predicted molar refractivity (Wildman–Crippen MR) is 78.4 cm³/mol. The van der Waals surface area contributed by atoms with E-state index in [1.54, 1.807) is 23.1 Å². The number of hydrogen-bond donors (Lipinski definition) is 1. The average Bonchev–Trinajstić information content (AvgIpc) is 2.41. The van der Waals surface area contributed by atoms with Crippen molar-refractivity contribution in [2.75, 3.05) is 26.2 Å². The van der Waals surface area contributed by atoms with Crippen LogP contribution in [0.15, 0.2) is 18.2 Å². The molecule has 2 N–H and O–H groups in total. The third-order valence-corrected chi connectivity index (χ3v) is 3.41. The van der Waals surface area contributed by atoms with E-state index in [-0.39, 0.29) is 24.4 Å². The van der Waals surface area contributed by atoms with Gasteiger partial charge in [-0.15, -0.1) is 12.4 Å². The van der Waals surface area contributed by atoms with E-state index in [0.717, 1.165) is 0 Å². The van der Waals surface area contributed by atoms with Crippen LogP contribution in [0, 0.1) is 0 Å². The zero-order valence-electron chi connectivity index (χ0n) is 10.1. The summed E-state index contributed by atoms with van der Waals surface area (Å²) in [7, 11) is 0. The second kappa shape index (κ2) is 7.31. The molecular formula is C12H15Cl3N2O2. The topological polar surface area (TPSA) is 55.6 Å². The van der Waals surface area contributed by atoms with Crippen molar-refractivity contribution in [1.29, 1.82) is 0 Å². The molecular weight excluding hydrogens is 311 g/mol. The molecule has 0 bridgehead atoms. The SMILES string of the molecule is Cl.NCC1CN(C(=O)c2cc(Cl)ccc2Cl)CCO1. The maximum Gasteiger partial charge on any atom is 0.255 e. The first-order chi connectivity index (χ1) is 8.61. The lowest BCUT2D eigenvalue weighted by Crippen LogP contribution is -2.48. The quantitative estimate of drug-likeness (QED) is 0.907. The lowest BCUT2D eigenvalue weighted by Gasteiger charge is -2.32. The summed E-state index contributed by atoms with van der Waals surface area (Å²) in [4.78, 5) is 14.0. The van der Waals surface area contributed by atoms with Crippen molar-refractivity contribution in [3.63, 3.8) is 0 Å². The van der Waals surface area contributed by atoms with Gasteiger partial charge in [0.25, 0.3) is 5.91 Å². The van der Waals surface area contributed by atoms with Crippen molar-refractivity contribution in [2.45, 2.75) is 6.10 Å². The van der Waals surface area contributed by atoms with Gasteiger partial charge in [0.05, 0.1) is 23.3 Å². The number of benzene rings is 1. The minimum atomic E-state index is -0.135. The first kappa shape index (κ1) is 16.5. The Morgan fingerprint density at radius 2 is 2.21 bits per heavy atom. The van der Waals surface area contributed by atoms with E-state index in [9.17, 15) is 4.79 Å². The molecule has 1 aromatic rings. The second-order valence-corrected chi connectivity index (χ2v) is 4.95. The molecule has 1 saturated heterocycles. The lowest BCUT2D eigenvalue weighted by atomic mass is 10.1. The average molecular weight is 326 g/mol. The Balaban J connectivity index is 0.00000180. The first-order valence-electron chi connectivity index (χ1n) is 5.68. The lowest BCUT2D eigenvalue weighted by molar-refractivity contribution is -0.0167. The van der Waals surface area contributed by atoms with Crippen LogP contribution in [0.4, 0.5) is 0 Å². The molecule has 7 heteroatoms. The van der Waals surface area contributed by atoms with Crippen molar-refractivity contribution in [3.05, 3.63) is 33.8 Å². The molecule has 1 heterocycles. The van der Waals surface area contributed by atoms with E-state index >= 15 is 0 Å². The Kier molecular flexibility index (Phi) is 6.36. The fraction of sp³-hybridized carbons (Fsp3) is 0.417. The molecule has 1 atom stereocenters. The van der Waals surface area contributed by atoms with Crippen molar-refractivity contribution in [2.24, 2.45) is 5.73 Å². The van der Waals surface area contributed by atoms with Crippen LogP contribution in [0.2, 0.25) is 10.0 Å². The van der Waals surface area contributed by atoms with Crippen LogP contribution in [0.3, 0.4) is 0 Å². The predicted octanol–water partition coefficient (Wildman–Crippen LogP) is 2.21. The molecule has 1 unspecified atom stereocenters. The zero-order chi connectivity index (χ0) is 13.1. The Labute approximate surface area is 128 Å². The van der Waals surface area contributed by atoms with Crippen molar-refractivity contribution < 1.29 is 9.53 Å². The molecule has 19 heavy (non-hydrogen) atoms. The summed E-state index contributed by atoms with van der Waals surface area (Å²) in [6.45, 7) is 1.91. The smallest absolute Gasteiger partial charge is 0.255 e. The summed E-state index contributed by atoms with van der Waals surface area (Å²) in [5.41, 5.74) is 5.97. The second-order valence-electron chi connectivity index (χ2n) is 4.10. The normalized spacial score (nSPS) is 18.9. The third-order valence-electron chi connectivity index (χ3n) is 2.85. The van der Waals surface area contributed by atoms with Gasteiger partial charge < -0.3 is 15.4 Å². The molecule has 1 aliphatic heterocycles. The number of halogens is 3. The van der Waals surface area contributed by atoms with Gasteiger partial charge in [0.15, 0.2) is 0 Å². The Morgan fingerprint density at radius 3 is 2.89 bits per heavy atom. The van der Waals surface area contributed by atoms with Crippen LogP contribution in [-0.2, 0) is 4.74 Å². The van der Waals surface area contributed by atoms with Gasteiger partial charge in [0.2, 0.25) is 0 Å². The number of ether oxygens (including phenoxy) is 1. The maximum absolute atomic E-state index is 12.3. The van der Waals surface area contributed by atoms with Gasteiger partial charge in [0, 0.05) is 24.7 Å². The Morgan fingerprint density at radius 1 is 1.47 bits per heavy atom. The highest BCUT2D eigenvalue weighted by atomic mass is 35.5. The zero-order valence-corrected chi connectivity index (χ0v) is 12.5. The van der Waals surface area contributed by atoms with Gasteiger partial charge >= 0.3 is 0 Å². The molecule has 1 aromatic carbocycles. The number of amides is 1. The molecule has 0 radical (unpaired) electrons. The molecule has 106 valence electrons. The summed E-state index contributed by atoms with van der Waals surface area (Å²) in [5, 5.41) is 0.895. The van der Waals surface area contributed by atoms with Crippen molar-refractivity contribution >= 4 is 41.5 Å². The first-order valence-corrected chi connectivity index (χ1v) is 6.43. The van der Waals surface area contributed by atoms with E-state index in [4.69, 9.17) is 33.7 Å². The number of nitrogens with two attached hydrogens (primary N) is 1. The highest BCUT2D eigenvalue weighted by Crippen LogP contribution is 2.22. The van der Waals surface area contributed by atoms with Crippen molar-refractivity contribution in [1.82, 2.24) is 4.90 Å². The molecule has 0 aromatic heterocycles. The number of nitrogens with zero attached hydrogens (tertiary/aromatic N) is 1. The van der Waals surface area contributed by atoms with Gasteiger partial charge in [-0.2, -0.15) is 0 Å². The van der Waals surface area contributed by atoms with E-state index in [2.05, 4.69) is 0 Å². The summed E-state index contributed by atoms with van der Waals surface area (Å²) >= 11 is 11.9. The number of rotatable bonds is 2. The van der Waals surface area contributed by atoms with Crippen LogP contribution < -0.4 is 5.73 Å². The fourth-order valence-corrected chi connectivity index (χ4v) is 2.25.